The number of carbonyl (C=O) groups is 1. The van der Waals surface area contributed by atoms with Crippen LogP contribution in [-0.2, 0) is 19.0 Å². The molecule has 82 valence electrons. The Morgan fingerprint density at radius 3 is 2.86 bits per heavy atom. The Hall–Kier alpha value is -0.650. The molecule has 0 radical (unpaired) electrons. The highest BCUT2D eigenvalue weighted by atomic mass is 16.7. The molecule has 1 aliphatic rings. The lowest BCUT2D eigenvalue weighted by Gasteiger charge is -2.21. The molecule has 5 nitrogen and oxygen atoms in total. The molecule has 1 rings (SSSR count). The zero-order valence-corrected chi connectivity index (χ0v) is 8.45. The molecule has 0 aromatic carbocycles. The van der Waals surface area contributed by atoms with Crippen LogP contribution in [0.4, 0.5) is 0 Å². The first-order valence-corrected chi connectivity index (χ1v) is 4.76. The number of amides is 1. The summed E-state index contributed by atoms with van der Waals surface area (Å²) in [4.78, 5) is 11.4. The smallest absolute Gasteiger partial charge is 0.227 e. The number of ether oxygens (including phenoxy) is 3. The van der Waals surface area contributed by atoms with Crippen LogP contribution in [0.25, 0.3) is 0 Å². The van der Waals surface area contributed by atoms with Gasteiger partial charge in [-0.1, -0.05) is 0 Å². The molecular weight excluding hydrogens is 186 g/mol. The zero-order chi connectivity index (χ0) is 10.2. The van der Waals surface area contributed by atoms with Crippen molar-refractivity contribution < 1.29 is 19.0 Å². The maximum absolute atomic E-state index is 11.4. The van der Waals surface area contributed by atoms with E-state index in [0.717, 1.165) is 6.42 Å². The third-order valence-corrected chi connectivity index (χ3v) is 2.00. The van der Waals surface area contributed by atoms with E-state index in [-0.39, 0.29) is 11.8 Å². The van der Waals surface area contributed by atoms with E-state index in [9.17, 15) is 4.79 Å². The Labute approximate surface area is 83.7 Å². The van der Waals surface area contributed by atoms with Crippen molar-refractivity contribution in [3.05, 3.63) is 0 Å². The van der Waals surface area contributed by atoms with Crippen LogP contribution in [0.15, 0.2) is 0 Å². The predicted molar refractivity (Wildman–Crippen MR) is 49.8 cm³/mol. The molecule has 0 aliphatic carbocycles. The first-order valence-electron chi connectivity index (χ1n) is 4.76. The number of rotatable bonds is 5. The molecule has 0 saturated carbocycles. The van der Waals surface area contributed by atoms with E-state index < -0.39 is 0 Å². The van der Waals surface area contributed by atoms with Crippen molar-refractivity contribution in [3.8, 4) is 0 Å². The molecule has 14 heavy (non-hydrogen) atoms. The van der Waals surface area contributed by atoms with Crippen molar-refractivity contribution in [2.24, 2.45) is 5.92 Å². The molecule has 1 heterocycles. The van der Waals surface area contributed by atoms with Gasteiger partial charge in [0.15, 0.2) is 0 Å². The Bertz CT molecular complexity index is 168. The number of carbonyl (C=O) groups excluding carboxylic acids is 1. The summed E-state index contributed by atoms with van der Waals surface area (Å²) in [6, 6.07) is 0. The van der Waals surface area contributed by atoms with Gasteiger partial charge in [0.1, 0.15) is 6.79 Å². The van der Waals surface area contributed by atoms with E-state index >= 15 is 0 Å². The number of methoxy groups -OCH3 is 1. The third kappa shape index (κ3) is 4.04. The van der Waals surface area contributed by atoms with E-state index in [4.69, 9.17) is 14.2 Å². The van der Waals surface area contributed by atoms with Crippen molar-refractivity contribution in [1.29, 1.82) is 0 Å². The topological polar surface area (TPSA) is 56.8 Å². The maximum atomic E-state index is 11.4. The predicted octanol–water partition coefficient (Wildman–Crippen LogP) is -0.240. The van der Waals surface area contributed by atoms with Gasteiger partial charge >= 0.3 is 0 Å². The van der Waals surface area contributed by atoms with Gasteiger partial charge in [-0.25, -0.2) is 0 Å². The summed E-state index contributed by atoms with van der Waals surface area (Å²) >= 11 is 0. The minimum Gasteiger partial charge on any atom is -0.385 e. The number of hydrogen-bond acceptors (Lipinski definition) is 4. The van der Waals surface area contributed by atoms with Crippen molar-refractivity contribution >= 4 is 5.91 Å². The SMILES string of the molecule is COCCCNC(=O)C1COCOC1. The summed E-state index contributed by atoms with van der Waals surface area (Å²) < 4.78 is 14.9. The molecule has 1 N–H and O–H groups in total. The summed E-state index contributed by atoms with van der Waals surface area (Å²) in [6.45, 7) is 2.51. The minimum absolute atomic E-state index is 0.000744. The van der Waals surface area contributed by atoms with Crippen LogP contribution in [0, 0.1) is 5.92 Å². The molecule has 1 amide bonds. The molecule has 1 fully saturated rings. The molecular formula is C9H17NO4. The van der Waals surface area contributed by atoms with Gasteiger partial charge < -0.3 is 19.5 Å². The van der Waals surface area contributed by atoms with E-state index in [1.807, 2.05) is 0 Å². The molecule has 0 atom stereocenters. The lowest BCUT2D eigenvalue weighted by Crippen LogP contribution is -2.39. The monoisotopic (exact) mass is 203 g/mol. The van der Waals surface area contributed by atoms with Crippen molar-refractivity contribution in [2.75, 3.05) is 40.3 Å². The molecule has 0 unspecified atom stereocenters. The largest absolute Gasteiger partial charge is 0.385 e. The number of nitrogens with one attached hydrogen (secondary N) is 1. The molecule has 1 saturated heterocycles. The zero-order valence-electron chi connectivity index (χ0n) is 8.45. The fourth-order valence-corrected chi connectivity index (χ4v) is 1.21. The summed E-state index contributed by atoms with van der Waals surface area (Å²) in [7, 11) is 1.64. The van der Waals surface area contributed by atoms with Gasteiger partial charge in [0.05, 0.1) is 19.1 Å². The first-order chi connectivity index (χ1) is 6.84. The molecule has 1 aliphatic heterocycles. The molecule has 0 bridgehead atoms. The lowest BCUT2D eigenvalue weighted by atomic mass is 10.1. The van der Waals surface area contributed by atoms with Crippen LogP contribution >= 0.6 is 0 Å². The highest BCUT2D eigenvalue weighted by molar-refractivity contribution is 5.78. The van der Waals surface area contributed by atoms with Crippen LogP contribution in [0.3, 0.4) is 0 Å². The lowest BCUT2D eigenvalue weighted by molar-refractivity contribution is -0.151. The van der Waals surface area contributed by atoms with Crippen molar-refractivity contribution in [1.82, 2.24) is 5.32 Å². The van der Waals surface area contributed by atoms with Crippen molar-refractivity contribution in [3.63, 3.8) is 0 Å². The highest BCUT2D eigenvalue weighted by Crippen LogP contribution is 2.04. The normalized spacial score (nSPS) is 18.1. The van der Waals surface area contributed by atoms with E-state index in [1.54, 1.807) is 7.11 Å². The van der Waals surface area contributed by atoms with Gasteiger partial charge in [0.2, 0.25) is 5.91 Å². The van der Waals surface area contributed by atoms with Crippen LogP contribution in [-0.4, -0.2) is 46.2 Å². The fourth-order valence-electron chi connectivity index (χ4n) is 1.21. The fraction of sp³-hybridized carbons (Fsp3) is 0.889. The number of hydrogen-bond donors (Lipinski definition) is 1. The van der Waals surface area contributed by atoms with E-state index in [0.29, 0.717) is 33.2 Å². The Morgan fingerprint density at radius 1 is 1.50 bits per heavy atom. The second kappa shape index (κ2) is 6.75. The second-order valence-electron chi connectivity index (χ2n) is 3.19. The average molecular weight is 203 g/mol. The summed E-state index contributed by atoms with van der Waals surface area (Å²) in [6.07, 6.45) is 0.830. The second-order valence-corrected chi connectivity index (χ2v) is 3.19. The minimum atomic E-state index is -0.161. The van der Waals surface area contributed by atoms with Crippen LogP contribution in [0.1, 0.15) is 6.42 Å². The average Bonchev–Trinajstić information content (AvgIpc) is 2.25. The Balaban J connectivity index is 2.07. The molecule has 5 heteroatoms. The molecule has 0 aromatic heterocycles. The molecule has 0 aromatic rings. The highest BCUT2D eigenvalue weighted by Gasteiger charge is 2.21. The Kier molecular flexibility index (Phi) is 5.51. The first kappa shape index (κ1) is 11.4. The van der Waals surface area contributed by atoms with Gasteiger partial charge in [-0.3, -0.25) is 4.79 Å². The van der Waals surface area contributed by atoms with Crippen LogP contribution in [0.2, 0.25) is 0 Å². The quantitative estimate of drug-likeness (QED) is 0.626. The van der Waals surface area contributed by atoms with Gasteiger partial charge in [-0.05, 0) is 6.42 Å². The maximum Gasteiger partial charge on any atom is 0.227 e. The van der Waals surface area contributed by atoms with Gasteiger partial charge in [-0.15, -0.1) is 0 Å². The summed E-state index contributed by atoms with van der Waals surface area (Å²) in [5.41, 5.74) is 0. The van der Waals surface area contributed by atoms with Gasteiger partial charge in [0.25, 0.3) is 0 Å². The van der Waals surface area contributed by atoms with E-state index in [2.05, 4.69) is 5.32 Å². The summed E-state index contributed by atoms with van der Waals surface area (Å²) in [5.74, 6) is -0.160. The van der Waals surface area contributed by atoms with Gasteiger partial charge in [0, 0.05) is 20.3 Å². The molecule has 0 spiro atoms. The Morgan fingerprint density at radius 2 is 2.21 bits per heavy atom. The standard InChI is InChI=1S/C9H17NO4/c1-12-4-2-3-10-9(11)8-5-13-7-14-6-8/h8H,2-7H2,1H3,(H,10,11). The van der Waals surface area contributed by atoms with E-state index in [1.165, 1.54) is 0 Å². The van der Waals surface area contributed by atoms with Crippen LogP contribution < -0.4 is 5.32 Å². The summed E-state index contributed by atoms with van der Waals surface area (Å²) in [5, 5.41) is 2.81. The van der Waals surface area contributed by atoms with Crippen LogP contribution in [0.5, 0.6) is 0 Å². The van der Waals surface area contributed by atoms with Crippen molar-refractivity contribution in [2.45, 2.75) is 6.42 Å². The third-order valence-electron chi connectivity index (χ3n) is 2.00. The van der Waals surface area contributed by atoms with Gasteiger partial charge in [-0.2, -0.15) is 0 Å².